The lowest BCUT2D eigenvalue weighted by Gasteiger charge is -2.27. The van der Waals surface area contributed by atoms with E-state index in [4.69, 9.17) is 0 Å². The van der Waals surface area contributed by atoms with E-state index in [0.717, 1.165) is 34.1 Å². The summed E-state index contributed by atoms with van der Waals surface area (Å²) in [4.78, 5) is 4.82. The molecule has 0 saturated carbocycles. The Hall–Kier alpha value is -8.02. The molecular formula is C62H40N2S2. The molecule has 0 aliphatic rings. The van der Waals surface area contributed by atoms with Crippen LogP contribution in [0.2, 0.25) is 0 Å². The SMILES string of the molecule is c1ccc2c(N(c3ccc(-c4ccc(-c5ccc(N(c6ccc7sc8ccccc8c7c6)c6cccc7ccccc67)cc5)cc4)cc3)c3ccc4sc5ccccc5c4c3)cccc2c1. The molecule has 66 heavy (non-hydrogen) atoms. The average Bonchev–Trinajstić information content (AvgIpc) is 3.95. The lowest BCUT2D eigenvalue weighted by molar-refractivity contribution is 1.30. The van der Waals surface area contributed by atoms with E-state index in [0.29, 0.717) is 0 Å². The molecule has 2 nitrogen and oxygen atoms in total. The van der Waals surface area contributed by atoms with E-state index < -0.39 is 0 Å². The molecule has 13 aromatic rings. The third-order valence-electron chi connectivity index (χ3n) is 13.1. The van der Waals surface area contributed by atoms with E-state index in [-0.39, 0.29) is 0 Å². The molecule has 13 rings (SSSR count). The maximum absolute atomic E-state index is 2.41. The summed E-state index contributed by atoms with van der Waals surface area (Å²) >= 11 is 3.71. The second-order valence-corrected chi connectivity index (χ2v) is 19.1. The van der Waals surface area contributed by atoms with Gasteiger partial charge in [0.25, 0.3) is 0 Å². The number of fused-ring (bicyclic) bond motifs is 8. The van der Waals surface area contributed by atoms with Crippen LogP contribution >= 0.6 is 22.7 Å². The highest BCUT2D eigenvalue weighted by atomic mass is 32.1. The summed E-state index contributed by atoms with van der Waals surface area (Å²) in [6, 6.07) is 88.9. The van der Waals surface area contributed by atoms with Crippen LogP contribution < -0.4 is 9.80 Å². The van der Waals surface area contributed by atoms with E-state index in [9.17, 15) is 0 Å². The zero-order valence-electron chi connectivity index (χ0n) is 35.8. The topological polar surface area (TPSA) is 6.48 Å². The predicted molar refractivity (Wildman–Crippen MR) is 287 cm³/mol. The molecule has 2 aromatic heterocycles. The van der Waals surface area contributed by atoms with E-state index in [1.54, 1.807) is 0 Å². The van der Waals surface area contributed by atoms with Crippen molar-refractivity contribution in [2.24, 2.45) is 0 Å². The second-order valence-electron chi connectivity index (χ2n) is 16.9. The van der Waals surface area contributed by atoms with Gasteiger partial charge in [0.2, 0.25) is 0 Å². The van der Waals surface area contributed by atoms with Gasteiger partial charge in [-0.3, -0.25) is 0 Å². The lowest BCUT2D eigenvalue weighted by Crippen LogP contribution is -2.10. The van der Waals surface area contributed by atoms with Crippen molar-refractivity contribution in [2.45, 2.75) is 0 Å². The first kappa shape index (κ1) is 38.4. The number of hydrogen-bond acceptors (Lipinski definition) is 4. The highest BCUT2D eigenvalue weighted by molar-refractivity contribution is 7.26. The van der Waals surface area contributed by atoms with E-state index >= 15 is 0 Å². The molecule has 0 bridgehead atoms. The first-order valence-electron chi connectivity index (χ1n) is 22.4. The fraction of sp³-hybridized carbons (Fsp3) is 0. The minimum absolute atomic E-state index is 1.12. The third-order valence-corrected chi connectivity index (χ3v) is 15.4. The highest BCUT2D eigenvalue weighted by Crippen LogP contribution is 2.45. The molecule has 0 N–H and O–H groups in total. The molecule has 0 aliphatic heterocycles. The summed E-state index contributed by atoms with van der Waals surface area (Å²) in [6.45, 7) is 0. The Balaban J connectivity index is 0.830. The summed E-state index contributed by atoms with van der Waals surface area (Å²) in [5.41, 5.74) is 11.6. The zero-order valence-corrected chi connectivity index (χ0v) is 37.4. The Morgan fingerprint density at radius 3 is 0.970 bits per heavy atom. The van der Waals surface area contributed by atoms with Crippen LogP contribution in [0.4, 0.5) is 34.1 Å². The van der Waals surface area contributed by atoms with E-state index in [2.05, 4.69) is 252 Å². The molecule has 0 atom stereocenters. The number of nitrogens with zero attached hydrogens (tertiary/aromatic N) is 2. The van der Waals surface area contributed by atoms with Crippen LogP contribution in [0.3, 0.4) is 0 Å². The average molecular weight is 877 g/mol. The molecule has 0 aliphatic carbocycles. The maximum atomic E-state index is 2.41. The van der Waals surface area contributed by atoms with Crippen molar-refractivity contribution in [2.75, 3.05) is 9.80 Å². The maximum Gasteiger partial charge on any atom is 0.0540 e. The van der Waals surface area contributed by atoms with Crippen LogP contribution in [0.25, 0.3) is 84.1 Å². The molecular weight excluding hydrogens is 837 g/mol. The van der Waals surface area contributed by atoms with Crippen LogP contribution in [-0.4, -0.2) is 0 Å². The Morgan fingerprint density at radius 2 is 0.545 bits per heavy atom. The standard InChI is InChI=1S/C62H40N2S2/c1-3-15-51-45(11-1)13-9-19-57(51)63(49-35-37-61-55(39-49)53-17-5-7-21-59(53)65-61)47-31-27-43(28-32-47)41-23-25-42(26-24-41)44-29-33-48(34-30-44)64(58-20-10-14-46-12-2-4-16-52(46)58)50-36-38-62-56(40-50)54-18-6-8-22-60(54)66-62/h1-40H. The molecule has 0 amide bonds. The van der Waals surface area contributed by atoms with Crippen LogP contribution in [0.5, 0.6) is 0 Å². The monoisotopic (exact) mass is 876 g/mol. The third kappa shape index (κ3) is 6.61. The highest BCUT2D eigenvalue weighted by Gasteiger charge is 2.19. The van der Waals surface area contributed by atoms with Gasteiger partial charge in [-0.2, -0.15) is 0 Å². The normalized spacial score (nSPS) is 11.6. The van der Waals surface area contributed by atoms with Gasteiger partial charge < -0.3 is 9.80 Å². The quantitative estimate of drug-likeness (QED) is 0.150. The van der Waals surface area contributed by atoms with E-state index in [1.165, 1.54) is 84.1 Å². The first-order valence-corrected chi connectivity index (χ1v) is 24.0. The van der Waals surface area contributed by atoms with E-state index in [1.807, 2.05) is 22.7 Å². The van der Waals surface area contributed by atoms with Gasteiger partial charge in [0.15, 0.2) is 0 Å². The fourth-order valence-electron chi connectivity index (χ4n) is 9.83. The van der Waals surface area contributed by atoms with Crippen molar-refractivity contribution in [3.05, 3.63) is 243 Å². The molecule has 0 radical (unpaired) electrons. The van der Waals surface area contributed by atoms with Crippen molar-refractivity contribution in [1.82, 2.24) is 0 Å². The molecule has 11 aromatic carbocycles. The lowest BCUT2D eigenvalue weighted by atomic mass is 9.99. The Bertz CT molecular complexity index is 3670. The van der Waals surface area contributed by atoms with Gasteiger partial charge in [-0.15, -0.1) is 22.7 Å². The molecule has 310 valence electrons. The van der Waals surface area contributed by atoms with Crippen molar-refractivity contribution >= 4 is 119 Å². The van der Waals surface area contributed by atoms with Crippen LogP contribution in [0.15, 0.2) is 243 Å². The van der Waals surface area contributed by atoms with Crippen LogP contribution in [0, 0.1) is 0 Å². The van der Waals surface area contributed by atoms with Crippen LogP contribution in [-0.2, 0) is 0 Å². The summed E-state index contributed by atoms with van der Waals surface area (Å²) in [5, 5.41) is 10.1. The Morgan fingerprint density at radius 1 is 0.227 bits per heavy atom. The minimum atomic E-state index is 1.12. The van der Waals surface area contributed by atoms with Crippen molar-refractivity contribution in [3.8, 4) is 22.3 Å². The van der Waals surface area contributed by atoms with Gasteiger partial charge in [0.1, 0.15) is 0 Å². The number of rotatable bonds is 8. The van der Waals surface area contributed by atoms with Crippen molar-refractivity contribution in [3.63, 3.8) is 0 Å². The number of hydrogen-bond donors (Lipinski definition) is 0. The van der Waals surface area contributed by atoms with Crippen molar-refractivity contribution < 1.29 is 0 Å². The molecule has 0 spiro atoms. The number of benzene rings is 11. The number of anilines is 6. The van der Waals surface area contributed by atoms with Gasteiger partial charge in [-0.1, -0.05) is 158 Å². The van der Waals surface area contributed by atoms with Gasteiger partial charge in [-0.05, 0) is 118 Å². The summed E-state index contributed by atoms with van der Waals surface area (Å²) in [7, 11) is 0. The largest absolute Gasteiger partial charge is 0.310 e. The molecule has 2 heterocycles. The molecule has 4 heteroatoms. The van der Waals surface area contributed by atoms with Gasteiger partial charge in [0, 0.05) is 73.9 Å². The molecule has 0 fully saturated rings. The first-order chi connectivity index (χ1) is 32.7. The van der Waals surface area contributed by atoms with Gasteiger partial charge in [-0.25, -0.2) is 0 Å². The smallest absolute Gasteiger partial charge is 0.0540 e. The fourth-order valence-corrected chi connectivity index (χ4v) is 12.0. The number of thiophene rings is 2. The van der Waals surface area contributed by atoms with Crippen LogP contribution in [0.1, 0.15) is 0 Å². The van der Waals surface area contributed by atoms with Gasteiger partial charge >= 0.3 is 0 Å². The van der Waals surface area contributed by atoms with Crippen molar-refractivity contribution in [1.29, 1.82) is 0 Å². The molecule has 0 unspecified atom stereocenters. The second kappa shape index (κ2) is 15.9. The predicted octanol–water partition coefficient (Wildman–Crippen LogP) is 19.0. The summed E-state index contributed by atoms with van der Waals surface area (Å²) in [5.74, 6) is 0. The minimum Gasteiger partial charge on any atom is -0.310 e. The Kier molecular flexibility index (Phi) is 9.26. The zero-order chi connectivity index (χ0) is 43.6. The molecule has 0 saturated heterocycles. The van der Waals surface area contributed by atoms with Gasteiger partial charge in [0.05, 0.1) is 11.4 Å². The Labute approximate surface area is 391 Å². The summed E-state index contributed by atoms with van der Waals surface area (Å²) in [6.07, 6.45) is 0. The summed E-state index contributed by atoms with van der Waals surface area (Å²) < 4.78 is 5.23.